The Hall–Kier alpha value is -2.49. The molecule has 4 heteroatoms. The van der Waals surface area contributed by atoms with Gasteiger partial charge in [0.1, 0.15) is 5.75 Å². The van der Waals surface area contributed by atoms with Crippen molar-refractivity contribution in [2.75, 3.05) is 26.5 Å². The number of benzene rings is 2. The summed E-state index contributed by atoms with van der Waals surface area (Å²) in [5.74, 6) is 0.849. The van der Waals surface area contributed by atoms with Crippen LogP contribution in [0.15, 0.2) is 48.5 Å². The van der Waals surface area contributed by atoms with Crippen molar-refractivity contribution in [2.45, 2.75) is 6.54 Å². The summed E-state index contributed by atoms with van der Waals surface area (Å²) in [7, 11) is 5.16. The fourth-order valence-electron chi connectivity index (χ4n) is 2.07. The summed E-state index contributed by atoms with van der Waals surface area (Å²) in [4.78, 5) is 13.5. The van der Waals surface area contributed by atoms with Gasteiger partial charge in [-0.1, -0.05) is 24.3 Å². The Bertz CT molecular complexity index is 624. The van der Waals surface area contributed by atoms with Crippen molar-refractivity contribution in [3.8, 4) is 5.75 Å². The topological polar surface area (TPSA) is 41.6 Å². The van der Waals surface area contributed by atoms with E-state index < -0.39 is 0 Å². The first kappa shape index (κ1) is 14.9. The zero-order chi connectivity index (χ0) is 15.2. The second-order valence-electron chi connectivity index (χ2n) is 4.95. The molecule has 110 valence electrons. The third kappa shape index (κ3) is 3.75. The highest BCUT2D eigenvalue weighted by Gasteiger charge is 2.08. The van der Waals surface area contributed by atoms with Gasteiger partial charge < -0.3 is 15.0 Å². The van der Waals surface area contributed by atoms with E-state index in [0.29, 0.717) is 12.1 Å². The summed E-state index contributed by atoms with van der Waals surface area (Å²) >= 11 is 0. The minimum atomic E-state index is -0.00376. The highest BCUT2D eigenvalue weighted by molar-refractivity contribution is 5.94. The highest BCUT2D eigenvalue weighted by Crippen LogP contribution is 2.19. The van der Waals surface area contributed by atoms with Crippen molar-refractivity contribution in [1.82, 2.24) is 4.90 Å². The highest BCUT2D eigenvalue weighted by atomic mass is 16.5. The van der Waals surface area contributed by atoms with Crippen LogP contribution in [0.2, 0.25) is 0 Å². The molecule has 0 saturated carbocycles. The van der Waals surface area contributed by atoms with Gasteiger partial charge in [-0.25, -0.2) is 0 Å². The maximum atomic E-state index is 11.9. The number of carbonyl (C=O) groups is 1. The number of para-hydroxylation sites is 1. The molecular formula is C17H20N2O2. The normalized spacial score (nSPS) is 10.0. The Morgan fingerprint density at radius 1 is 1.14 bits per heavy atom. The molecule has 4 nitrogen and oxygen atoms in total. The summed E-state index contributed by atoms with van der Waals surface area (Å²) in [5, 5.41) is 3.32. The van der Waals surface area contributed by atoms with Crippen LogP contribution < -0.4 is 10.1 Å². The lowest BCUT2D eigenvalue weighted by molar-refractivity contribution is 0.0827. The van der Waals surface area contributed by atoms with Crippen molar-refractivity contribution in [3.63, 3.8) is 0 Å². The van der Waals surface area contributed by atoms with Crippen LogP contribution in [0.5, 0.6) is 5.75 Å². The number of carbonyl (C=O) groups excluding carboxylic acids is 1. The molecule has 2 aromatic carbocycles. The minimum Gasteiger partial charge on any atom is -0.496 e. The zero-order valence-corrected chi connectivity index (χ0v) is 12.6. The van der Waals surface area contributed by atoms with E-state index in [9.17, 15) is 4.79 Å². The third-order valence-corrected chi connectivity index (χ3v) is 3.19. The first-order valence-corrected chi connectivity index (χ1v) is 6.79. The van der Waals surface area contributed by atoms with Crippen LogP contribution >= 0.6 is 0 Å². The number of amides is 1. The van der Waals surface area contributed by atoms with Crippen molar-refractivity contribution >= 4 is 11.6 Å². The molecule has 21 heavy (non-hydrogen) atoms. The van der Waals surface area contributed by atoms with Gasteiger partial charge in [0.2, 0.25) is 0 Å². The lowest BCUT2D eigenvalue weighted by Crippen LogP contribution is -2.21. The van der Waals surface area contributed by atoms with Crippen LogP contribution in [0.4, 0.5) is 5.69 Å². The molecule has 0 bridgehead atoms. The van der Waals surface area contributed by atoms with E-state index in [2.05, 4.69) is 5.32 Å². The van der Waals surface area contributed by atoms with Crippen LogP contribution in [0.25, 0.3) is 0 Å². The predicted molar refractivity (Wildman–Crippen MR) is 84.8 cm³/mol. The molecule has 0 heterocycles. The first-order valence-electron chi connectivity index (χ1n) is 6.79. The lowest BCUT2D eigenvalue weighted by Gasteiger charge is -2.13. The molecule has 2 aromatic rings. The molecule has 1 N–H and O–H groups in total. The van der Waals surface area contributed by atoms with Crippen molar-refractivity contribution in [2.24, 2.45) is 0 Å². The van der Waals surface area contributed by atoms with Gasteiger partial charge in [-0.05, 0) is 24.3 Å². The molecule has 0 aromatic heterocycles. The Kier molecular flexibility index (Phi) is 4.82. The Morgan fingerprint density at radius 3 is 2.62 bits per heavy atom. The Morgan fingerprint density at radius 2 is 1.90 bits per heavy atom. The second-order valence-corrected chi connectivity index (χ2v) is 4.95. The summed E-state index contributed by atoms with van der Waals surface area (Å²) in [6.45, 7) is 0.642. The van der Waals surface area contributed by atoms with Gasteiger partial charge in [0.25, 0.3) is 5.91 Å². The molecular weight excluding hydrogens is 264 g/mol. The second kappa shape index (κ2) is 6.79. The number of anilines is 1. The van der Waals surface area contributed by atoms with E-state index in [1.54, 1.807) is 26.1 Å². The summed E-state index contributed by atoms with van der Waals surface area (Å²) in [6, 6.07) is 15.4. The molecule has 0 aliphatic carbocycles. The van der Waals surface area contributed by atoms with E-state index in [1.807, 2.05) is 48.5 Å². The van der Waals surface area contributed by atoms with E-state index in [1.165, 1.54) is 0 Å². The molecule has 0 aliphatic heterocycles. The number of hydrogen-bond acceptors (Lipinski definition) is 3. The fraction of sp³-hybridized carbons (Fsp3) is 0.235. The van der Waals surface area contributed by atoms with E-state index in [-0.39, 0.29) is 5.91 Å². The Labute approximate surface area is 125 Å². The van der Waals surface area contributed by atoms with Gasteiger partial charge in [0.15, 0.2) is 0 Å². The number of nitrogens with one attached hydrogen (secondary N) is 1. The van der Waals surface area contributed by atoms with Gasteiger partial charge in [-0.2, -0.15) is 0 Å². The van der Waals surface area contributed by atoms with Gasteiger partial charge in [0.05, 0.1) is 7.11 Å². The van der Waals surface area contributed by atoms with Gasteiger partial charge >= 0.3 is 0 Å². The fourth-order valence-corrected chi connectivity index (χ4v) is 2.07. The molecule has 0 radical (unpaired) electrons. The van der Waals surface area contributed by atoms with Crippen molar-refractivity contribution in [3.05, 3.63) is 59.7 Å². The van der Waals surface area contributed by atoms with Crippen LogP contribution in [0, 0.1) is 0 Å². The maximum Gasteiger partial charge on any atom is 0.253 e. The van der Waals surface area contributed by atoms with Crippen LogP contribution in [-0.4, -0.2) is 32.0 Å². The third-order valence-electron chi connectivity index (χ3n) is 3.19. The molecule has 0 saturated heterocycles. The first-order chi connectivity index (χ1) is 10.1. The molecule has 0 atom stereocenters. The molecule has 1 amide bonds. The summed E-state index contributed by atoms with van der Waals surface area (Å²) < 4.78 is 5.33. The van der Waals surface area contributed by atoms with Gasteiger partial charge in [-0.15, -0.1) is 0 Å². The maximum absolute atomic E-state index is 11.9. The minimum absolute atomic E-state index is 0.00376. The molecule has 0 spiro atoms. The van der Waals surface area contributed by atoms with Crippen LogP contribution in [0.1, 0.15) is 15.9 Å². The van der Waals surface area contributed by atoms with E-state index in [0.717, 1.165) is 17.0 Å². The lowest BCUT2D eigenvalue weighted by atomic mass is 10.1. The monoisotopic (exact) mass is 284 g/mol. The van der Waals surface area contributed by atoms with Crippen LogP contribution in [0.3, 0.4) is 0 Å². The smallest absolute Gasteiger partial charge is 0.253 e. The molecule has 0 fully saturated rings. The largest absolute Gasteiger partial charge is 0.496 e. The van der Waals surface area contributed by atoms with E-state index in [4.69, 9.17) is 4.74 Å². The number of ether oxygens (including phenoxy) is 1. The SMILES string of the molecule is COc1ccccc1CNc1cccc(C(=O)N(C)C)c1. The quantitative estimate of drug-likeness (QED) is 0.917. The van der Waals surface area contributed by atoms with Crippen LogP contribution in [-0.2, 0) is 6.54 Å². The van der Waals surface area contributed by atoms with Crippen molar-refractivity contribution < 1.29 is 9.53 Å². The number of nitrogens with zero attached hydrogens (tertiary/aromatic N) is 1. The molecule has 0 unspecified atom stereocenters. The zero-order valence-electron chi connectivity index (χ0n) is 12.6. The summed E-state index contributed by atoms with van der Waals surface area (Å²) in [5.41, 5.74) is 2.66. The number of hydrogen-bond donors (Lipinski definition) is 1. The Balaban J connectivity index is 2.10. The van der Waals surface area contributed by atoms with Gasteiger partial charge in [0, 0.05) is 37.5 Å². The van der Waals surface area contributed by atoms with Crippen molar-refractivity contribution in [1.29, 1.82) is 0 Å². The summed E-state index contributed by atoms with van der Waals surface area (Å²) in [6.07, 6.45) is 0. The van der Waals surface area contributed by atoms with E-state index >= 15 is 0 Å². The number of methoxy groups -OCH3 is 1. The average molecular weight is 284 g/mol. The number of rotatable bonds is 5. The molecule has 2 rings (SSSR count). The standard InChI is InChI=1S/C17H20N2O2/c1-19(2)17(20)13-8-6-9-15(11-13)18-12-14-7-4-5-10-16(14)21-3/h4-11,18H,12H2,1-3H3. The predicted octanol–water partition coefficient (Wildman–Crippen LogP) is 3.01. The molecule has 0 aliphatic rings. The average Bonchev–Trinajstić information content (AvgIpc) is 2.52. The van der Waals surface area contributed by atoms with Gasteiger partial charge in [-0.3, -0.25) is 4.79 Å².